The number of hydrogen-bond donors (Lipinski definition) is 1. The number of carbonyl (C=O) groups is 2. The maximum Gasteiger partial charge on any atom is 0.254 e. The first-order valence-corrected chi connectivity index (χ1v) is 12.0. The van der Waals surface area contributed by atoms with Gasteiger partial charge in [-0.2, -0.15) is 4.31 Å². The van der Waals surface area contributed by atoms with E-state index in [4.69, 9.17) is 4.74 Å². The number of nitrogens with one attached hydrogen (secondary N) is 1. The van der Waals surface area contributed by atoms with Crippen molar-refractivity contribution in [1.82, 2.24) is 19.5 Å². The molecule has 0 aliphatic carbocycles. The normalized spacial score (nSPS) is 19.5. The first-order valence-electron chi connectivity index (χ1n) is 10.6. The second kappa shape index (κ2) is 9.76. The van der Waals surface area contributed by atoms with Crippen molar-refractivity contribution in [1.29, 1.82) is 0 Å². The molecule has 1 unspecified atom stereocenters. The van der Waals surface area contributed by atoms with E-state index in [1.165, 1.54) is 12.1 Å². The highest BCUT2D eigenvalue weighted by molar-refractivity contribution is 7.89. The number of benzene rings is 1. The van der Waals surface area contributed by atoms with Gasteiger partial charge in [-0.05, 0) is 42.7 Å². The summed E-state index contributed by atoms with van der Waals surface area (Å²) in [5.41, 5.74) is 1.15. The van der Waals surface area contributed by atoms with E-state index in [0.29, 0.717) is 19.7 Å². The van der Waals surface area contributed by atoms with Gasteiger partial charge in [0.2, 0.25) is 15.9 Å². The molecule has 2 fully saturated rings. The Kier molecular flexibility index (Phi) is 6.83. The molecule has 1 atom stereocenters. The van der Waals surface area contributed by atoms with Crippen molar-refractivity contribution in [2.24, 2.45) is 0 Å². The van der Waals surface area contributed by atoms with E-state index in [1.807, 2.05) is 12.1 Å². The smallest absolute Gasteiger partial charge is 0.254 e. The van der Waals surface area contributed by atoms with Gasteiger partial charge in [0.05, 0.1) is 17.5 Å². The molecule has 0 spiro atoms. The minimum absolute atomic E-state index is 0.00325. The number of carbonyl (C=O) groups excluding carboxylic acids is 2. The molecular formula is C22H26N4O5S. The SMILES string of the molecule is O=C1CN(S(=O)(=O)c2cccc(C(=O)N(Cc3cccnc3)CC3CCCO3)c2)CCN1. The van der Waals surface area contributed by atoms with Crippen molar-refractivity contribution in [3.8, 4) is 0 Å². The van der Waals surface area contributed by atoms with Crippen LogP contribution in [0.15, 0.2) is 53.7 Å². The Bertz CT molecular complexity index is 1070. The van der Waals surface area contributed by atoms with Crippen LogP contribution in [-0.2, 0) is 26.1 Å². The molecule has 2 amide bonds. The summed E-state index contributed by atoms with van der Waals surface area (Å²) in [4.78, 5) is 30.9. The van der Waals surface area contributed by atoms with E-state index in [0.717, 1.165) is 22.7 Å². The minimum Gasteiger partial charge on any atom is -0.376 e. The molecule has 0 radical (unpaired) electrons. The van der Waals surface area contributed by atoms with E-state index in [2.05, 4.69) is 10.3 Å². The highest BCUT2D eigenvalue weighted by Crippen LogP contribution is 2.21. The summed E-state index contributed by atoms with van der Waals surface area (Å²) in [5.74, 6) is -0.621. The molecule has 1 aromatic heterocycles. The Labute approximate surface area is 187 Å². The molecule has 9 nitrogen and oxygen atoms in total. The Balaban J connectivity index is 1.58. The molecule has 170 valence electrons. The maximum atomic E-state index is 13.4. The third kappa shape index (κ3) is 5.14. The molecule has 1 N–H and O–H groups in total. The number of sulfonamides is 1. The van der Waals surface area contributed by atoms with Gasteiger partial charge in [0, 0.05) is 50.7 Å². The van der Waals surface area contributed by atoms with Gasteiger partial charge < -0.3 is 15.0 Å². The van der Waals surface area contributed by atoms with Crippen LogP contribution in [0.5, 0.6) is 0 Å². The molecule has 2 saturated heterocycles. The van der Waals surface area contributed by atoms with Gasteiger partial charge in [-0.15, -0.1) is 0 Å². The quantitative estimate of drug-likeness (QED) is 0.664. The van der Waals surface area contributed by atoms with Crippen LogP contribution < -0.4 is 5.32 Å². The molecule has 3 heterocycles. The number of hydrogen-bond acceptors (Lipinski definition) is 6. The zero-order valence-electron chi connectivity index (χ0n) is 17.6. The van der Waals surface area contributed by atoms with E-state index < -0.39 is 10.0 Å². The van der Waals surface area contributed by atoms with Crippen LogP contribution >= 0.6 is 0 Å². The fourth-order valence-electron chi connectivity index (χ4n) is 3.91. The van der Waals surface area contributed by atoms with Crippen LogP contribution in [-0.4, -0.2) is 73.3 Å². The molecule has 2 aromatic rings. The average molecular weight is 459 g/mol. The molecule has 0 bridgehead atoms. The number of rotatable bonds is 7. The van der Waals surface area contributed by atoms with Gasteiger partial charge in [0.25, 0.3) is 5.91 Å². The summed E-state index contributed by atoms with van der Waals surface area (Å²) in [6.07, 6.45) is 5.16. The van der Waals surface area contributed by atoms with Crippen LogP contribution in [0.2, 0.25) is 0 Å². The molecule has 32 heavy (non-hydrogen) atoms. The van der Waals surface area contributed by atoms with E-state index in [1.54, 1.807) is 29.4 Å². The predicted molar refractivity (Wildman–Crippen MR) is 116 cm³/mol. The van der Waals surface area contributed by atoms with Gasteiger partial charge in [-0.25, -0.2) is 8.42 Å². The standard InChI is InChI=1S/C22H26N4O5S/c27-21-16-26(10-9-24-21)32(29,30)20-7-1-5-18(12-20)22(28)25(15-19-6-3-11-31-19)14-17-4-2-8-23-13-17/h1-2,4-5,7-8,12-13,19H,3,6,9-11,14-16H2,(H,24,27). The zero-order chi connectivity index (χ0) is 22.6. The lowest BCUT2D eigenvalue weighted by molar-refractivity contribution is -0.122. The Hall–Kier alpha value is -2.82. The lowest BCUT2D eigenvalue weighted by Gasteiger charge is -2.27. The van der Waals surface area contributed by atoms with Crippen molar-refractivity contribution in [3.05, 3.63) is 59.9 Å². The number of aromatic nitrogens is 1. The number of piperazine rings is 1. The topological polar surface area (TPSA) is 109 Å². The first kappa shape index (κ1) is 22.4. The van der Waals surface area contributed by atoms with Crippen molar-refractivity contribution in [2.45, 2.75) is 30.4 Å². The predicted octanol–water partition coefficient (Wildman–Crippen LogP) is 1.02. The third-order valence-corrected chi connectivity index (χ3v) is 7.39. The molecule has 1 aromatic carbocycles. The first-order chi connectivity index (χ1) is 15.4. The largest absolute Gasteiger partial charge is 0.376 e. The lowest BCUT2D eigenvalue weighted by Crippen LogP contribution is -2.49. The highest BCUT2D eigenvalue weighted by atomic mass is 32.2. The second-order valence-electron chi connectivity index (χ2n) is 7.90. The monoisotopic (exact) mass is 458 g/mol. The highest BCUT2D eigenvalue weighted by Gasteiger charge is 2.30. The molecule has 0 saturated carbocycles. The van der Waals surface area contributed by atoms with Crippen LogP contribution in [0, 0.1) is 0 Å². The van der Waals surface area contributed by atoms with Crippen LogP contribution in [0.3, 0.4) is 0 Å². The average Bonchev–Trinajstić information content (AvgIpc) is 3.32. The Morgan fingerprint density at radius 2 is 2.16 bits per heavy atom. The Morgan fingerprint density at radius 3 is 2.88 bits per heavy atom. The fourth-order valence-corrected chi connectivity index (χ4v) is 5.35. The Morgan fingerprint density at radius 1 is 1.28 bits per heavy atom. The van der Waals surface area contributed by atoms with Crippen LogP contribution in [0.25, 0.3) is 0 Å². The number of ether oxygens (including phenoxy) is 1. The van der Waals surface area contributed by atoms with Crippen molar-refractivity contribution in [2.75, 3.05) is 32.8 Å². The zero-order valence-corrected chi connectivity index (χ0v) is 18.5. The summed E-state index contributed by atoms with van der Waals surface area (Å²) < 4.78 is 32.9. The van der Waals surface area contributed by atoms with Crippen molar-refractivity contribution < 1.29 is 22.7 Å². The van der Waals surface area contributed by atoms with Gasteiger partial charge in [-0.3, -0.25) is 14.6 Å². The molecular weight excluding hydrogens is 432 g/mol. The maximum absolute atomic E-state index is 13.4. The minimum atomic E-state index is -3.89. The number of nitrogens with zero attached hydrogens (tertiary/aromatic N) is 3. The summed E-state index contributed by atoms with van der Waals surface area (Å²) in [6, 6.07) is 9.70. The molecule has 2 aliphatic rings. The summed E-state index contributed by atoms with van der Waals surface area (Å²) >= 11 is 0. The number of pyridine rings is 1. The molecule has 10 heteroatoms. The second-order valence-corrected chi connectivity index (χ2v) is 9.84. The van der Waals surface area contributed by atoms with Crippen LogP contribution in [0.4, 0.5) is 0 Å². The third-order valence-electron chi connectivity index (χ3n) is 5.55. The summed E-state index contributed by atoms with van der Waals surface area (Å²) in [6.45, 7) is 1.66. The molecule has 2 aliphatic heterocycles. The van der Waals surface area contributed by atoms with Crippen LogP contribution in [0.1, 0.15) is 28.8 Å². The number of amides is 2. The van der Waals surface area contributed by atoms with Gasteiger partial charge in [-0.1, -0.05) is 12.1 Å². The van der Waals surface area contributed by atoms with Gasteiger partial charge in [0.15, 0.2) is 0 Å². The van der Waals surface area contributed by atoms with E-state index >= 15 is 0 Å². The van der Waals surface area contributed by atoms with Gasteiger partial charge in [0.1, 0.15) is 0 Å². The van der Waals surface area contributed by atoms with E-state index in [-0.39, 0.29) is 48.0 Å². The lowest BCUT2D eigenvalue weighted by atomic mass is 10.1. The van der Waals surface area contributed by atoms with Crippen molar-refractivity contribution >= 4 is 21.8 Å². The van der Waals surface area contributed by atoms with E-state index in [9.17, 15) is 18.0 Å². The molecule has 4 rings (SSSR count). The summed E-state index contributed by atoms with van der Waals surface area (Å²) in [7, 11) is -3.89. The summed E-state index contributed by atoms with van der Waals surface area (Å²) in [5, 5.41) is 2.61. The fraction of sp³-hybridized carbons (Fsp3) is 0.409. The van der Waals surface area contributed by atoms with Crippen molar-refractivity contribution in [3.63, 3.8) is 0 Å². The van der Waals surface area contributed by atoms with Gasteiger partial charge >= 0.3 is 0 Å².